The van der Waals surface area contributed by atoms with E-state index in [0.717, 1.165) is 4.57 Å². The Balaban J connectivity index is 1.75. The quantitative estimate of drug-likeness (QED) is 0.266. The number of rotatable bonds is 6. The number of aromatic nitrogens is 2. The van der Waals surface area contributed by atoms with Gasteiger partial charge in [0.25, 0.3) is 5.56 Å². The maximum atomic E-state index is 13.7. The van der Waals surface area contributed by atoms with E-state index in [1.807, 2.05) is 0 Å². The number of H-pyrrole nitrogens is 1. The molecule has 1 aliphatic heterocycles. The number of hydrogen-bond donors (Lipinski definition) is 2. The van der Waals surface area contributed by atoms with Crippen LogP contribution >= 0.6 is 27.5 Å². The van der Waals surface area contributed by atoms with Gasteiger partial charge in [0.1, 0.15) is 17.0 Å². The van der Waals surface area contributed by atoms with E-state index in [9.17, 15) is 27.9 Å². The smallest absolute Gasteiger partial charge is 0.415 e. The van der Waals surface area contributed by atoms with Gasteiger partial charge in [-0.05, 0) is 108 Å². The number of nitrogens with one attached hydrogen (secondary N) is 1. The van der Waals surface area contributed by atoms with Crippen LogP contribution in [0.4, 0.5) is 15.3 Å². The molecule has 0 aliphatic carbocycles. The van der Waals surface area contributed by atoms with E-state index in [1.54, 1.807) is 59.4 Å². The Kier molecular flexibility index (Phi) is 10.7. The van der Waals surface area contributed by atoms with Gasteiger partial charge >= 0.3 is 17.9 Å². The third-order valence-electron chi connectivity index (χ3n) is 7.47. The van der Waals surface area contributed by atoms with E-state index in [1.165, 1.54) is 29.2 Å². The van der Waals surface area contributed by atoms with Crippen LogP contribution < -0.4 is 16.1 Å². The molecular formula is C32H41BrClN4O8S+. The van der Waals surface area contributed by atoms with Gasteiger partial charge in [-0.3, -0.25) is 14.3 Å². The lowest BCUT2D eigenvalue weighted by Crippen LogP contribution is -2.51. The highest BCUT2D eigenvalue weighted by molar-refractivity contribution is 9.10. The molecular weight excluding hydrogens is 716 g/mol. The fourth-order valence-corrected chi connectivity index (χ4v) is 7.14. The Morgan fingerprint density at radius 3 is 2.26 bits per heavy atom. The Hall–Kier alpha value is -3.20. The van der Waals surface area contributed by atoms with Gasteiger partial charge in [-0.25, -0.2) is 14.4 Å². The fourth-order valence-electron chi connectivity index (χ4n) is 5.29. The summed E-state index contributed by atoms with van der Waals surface area (Å²) >= 11 is 9.71. The molecule has 0 saturated carbocycles. The van der Waals surface area contributed by atoms with Gasteiger partial charge in [0.15, 0.2) is 4.90 Å². The van der Waals surface area contributed by atoms with Gasteiger partial charge in [0, 0.05) is 34.2 Å². The van der Waals surface area contributed by atoms with Crippen LogP contribution in [0.3, 0.4) is 0 Å². The van der Waals surface area contributed by atoms with Crippen molar-refractivity contribution in [1.29, 1.82) is 0 Å². The number of anilines is 1. The number of aromatic amines is 1. The summed E-state index contributed by atoms with van der Waals surface area (Å²) in [5, 5.41) is 0.430. The predicted octanol–water partition coefficient (Wildman–Crippen LogP) is 6.65. The van der Waals surface area contributed by atoms with Crippen LogP contribution in [0.1, 0.15) is 66.9 Å². The van der Waals surface area contributed by atoms with Crippen molar-refractivity contribution in [1.82, 2.24) is 14.5 Å². The molecule has 0 radical (unpaired) electrons. The Morgan fingerprint density at radius 1 is 1.06 bits per heavy atom. The molecule has 0 spiro atoms. The van der Waals surface area contributed by atoms with Gasteiger partial charge in [-0.1, -0.05) is 15.8 Å². The standard InChI is InChI=1S/C32H40BrClN4O8S/c1-8-47(43,44)26-10-9-20(34)15-19(26)18-37-27(39)22-16-23(33)25(17-24(22)35-28(37)40)38(30(42)46-32(5,6)7)21-11-13-36(14-12-21)29(41)45-31(2,3)4/h9-10,15-17,21H,8,11-14,18H2,1-7H3,(H-,35,39,40,43,44)/p+1. The summed E-state index contributed by atoms with van der Waals surface area (Å²) in [5.41, 5.74) is -2.03. The minimum absolute atomic E-state index is 0.0610. The second kappa shape index (κ2) is 13.7. The lowest BCUT2D eigenvalue weighted by Gasteiger charge is -2.39. The molecule has 47 heavy (non-hydrogen) atoms. The van der Waals surface area contributed by atoms with Gasteiger partial charge < -0.3 is 19.4 Å². The van der Waals surface area contributed by atoms with E-state index in [2.05, 4.69) is 20.9 Å². The second-order valence-electron chi connectivity index (χ2n) is 13.4. The normalized spacial score (nSPS) is 15.7. The second-order valence-corrected chi connectivity index (χ2v) is 17.0. The van der Waals surface area contributed by atoms with Crippen LogP contribution in [0.2, 0.25) is 5.02 Å². The SMILES string of the molecule is CC[S+](=O)(O)c1ccc(Cl)cc1Cn1c(=O)[nH]c2cc(N(C(=O)OC(C)(C)C)C3CCN(C(=O)OC(C)(C)C)CC3)c(Br)cc2c1=O. The average molecular weight is 757 g/mol. The fraction of sp³-hybridized carbons (Fsp3) is 0.500. The van der Waals surface area contributed by atoms with Crippen molar-refractivity contribution in [3.8, 4) is 0 Å². The highest BCUT2D eigenvalue weighted by Gasteiger charge is 2.36. The number of nitrogens with zero attached hydrogens (tertiary/aromatic N) is 3. The van der Waals surface area contributed by atoms with Gasteiger partial charge in [-0.2, -0.15) is 4.55 Å². The van der Waals surface area contributed by atoms with Crippen molar-refractivity contribution in [3.63, 3.8) is 0 Å². The number of piperidine rings is 1. The molecule has 4 rings (SSSR count). The van der Waals surface area contributed by atoms with Crippen molar-refractivity contribution in [2.75, 3.05) is 23.7 Å². The van der Waals surface area contributed by atoms with E-state index >= 15 is 0 Å². The van der Waals surface area contributed by atoms with Crippen LogP contribution in [0.5, 0.6) is 0 Å². The zero-order valence-electron chi connectivity index (χ0n) is 27.5. The first-order valence-electron chi connectivity index (χ1n) is 15.2. The summed E-state index contributed by atoms with van der Waals surface area (Å²) in [5.74, 6) is -0.0610. The minimum Gasteiger partial charge on any atom is -0.444 e. The van der Waals surface area contributed by atoms with Gasteiger partial charge in [0.2, 0.25) is 10.2 Å². The lowest BCUT2D eigenvalue weighted by molar-refractivity contribution is 0.0200. The predicted molar refractivity (Wildman–Crippen MR) is 186 cm³/mol. The lowest BCUT2D eigenvalue weighted by atomic mass is 10.0. The molecule has 1 unspecified atom stereocenters. The van der Waals surface area contributed by atoms with E-state index in [-0.39, 0.29) is 44.7 Å². The molecule has 0 bridgehead atoms. The summed E-state index contributed by atoms with van der Waals surface area (Å²) in [4.78, 5) is 59.4. The van der Waals surface area contributed by atoms with Crippen LogP contribution in [0, 0.1) is 0 Å². The topological polar surface area (TPSA) is 151 Å². The zero-order chi connectivity index (χ0) is 35.1. The number of ether oxygens (including phenoxy) is 2. The average Bonchev–Trinajstić information content (AvgIpc) is 2.94. The van der Waals surface area contributed by atoms with Crippen LogP contribution in [0.15, 0.2) is 49.3 Å². The molecule has 1 aliphatic rings. The van der Waals surface area contributed by atoms with Crippen molar-refractivity contribution >= 4 is 66.5 Å². The van der Waals surface area contributed by atoms with Gasteiger partial charge in [0.05, 0.1) is 23.1 Å². The van der Waals surface area contributed by atoms with E-state index in [0.29, 0.717) is 36.1 Å². The Morgan fingerprint density at radius 2 is 1.68 bits per heavy atom. The maximum Gasteiger partial charge on any atom is 0.415 e. The van der Waals surface area contributed by atoms with E-state index < -0.39 is 44.9 Å². The van der Waals surface area contributed by atoms with Gasteiger partial charge in [-0.15, -0.1) is 0 Å². The molecule has 1 aromatic heterocycles. The number of carbonyl (C=O) groups is 2. The molecule has 1 atom stereocenters. The van der Waals surface area contributed by atoms with Crippen molar-refractivity contribution in [2.24, 2.45) is 0 Å². The third-order valence-corrected chi connectivity index (χ3v) is 10.2. The molecule has 2 N–H and O–H groups in total. The molecule has 1 fully saturated rings. The number of carbonyl (C=O) groups excluding carboxylic acids is 2. The number of benzene rings is 2. The van der Waals surface area contributed by atoms with Crippen LogP contribution in [-0.2, 0) is 30.4 Å². The molecule has 3 aromatic rings. The first-order chi connectivity index (χ1) is 21.7. The highest BCUT2D eigenvalue weighted by Crippen LogP contribution is 2.35. The third kappa shape index (κ3) is 8.64. The zero-order valence-corrected chi connectivity index (χ0v) is 30.7. The summed E-state index contributed by atoms with van der Waals surface area (Å²) in [6.07, 6.45) is -0.202. The molecule has 12 nitrogen and oxygen atoms in total. The Labute approximate surface area is 287 Å². The molecule has 2 aromatic carbocycles. The largest absolute Gasteiger partial charge is 0.444 e. The van der Waals surface area contributed by atoms with Crippen LogP contribution in [-0.4, -0.2) is 67.3 Å². The first-order valence-corrected chi connectivity index (χ1v) is 18.1. The molecule has 2 amide bonds. The molecule has 15 heteroatoms. The van der Waals surface area contributed by atoms with Crippen molar-refractivity contribution in [3.05, 3.63) is 66.2 Å². The first kappa shape index (κ1) is 36.6. The van der Waals surface area contributed by atoms with E-state index in [4.69, 9.17) is 21.1 Å². The molecule has 2 heterocycles. The van der Waals surface area contributed by atoms with Crippen molar-refractivity contribution in [2.45, 2.75) is 90.0 Å². The number of hydrogen-bond acceptors (Lipinski definition) is 7. The number of fused-ring (bicyclic) bond motifs is 1. The molecule has 1 saturated heterocycles. The monoisotopic (exact) mass is 755 g/mol. The number of likely N-dealkylation sites (tertiary alicyclic amines) is 1. The number of halogens is 2. The summed E-state index contributed by atoms with van der Waals surface area (Å²) in [6, 6.07) is 7.06. The Bertz CT molecular complexity index is 1850. The summed E-state index contributed by atoms with van der Waals surface area (Å²) in [6.45, 7) is 12.6. The maximum absolute atomic E-state index is 13.7. The summed E-state index contributed by atoms with van der Waals surface area (Å²) in [7, 11) is -3.43. The summed E-state index contributed by atoms with van der Waals surface area (Å²) < 4.78 is 36.0. The highest BCUT2D eigenvalue weighted by atomic mass is 79.9. The van der Waals surface area contributed by atoms with Crippen molar-refractivity contribution < 1.29 is 27.8 Å². The van der Waals surface area contributed by atoms with Crippen LogP contribution in [0.25, 0.3) is 10.9 Å². The number of amides is 2. The molecule has 256 valence electrons. The minimum atomic E-state index is -3.43.